The zero-order chi connectivity index (χ0) is 13.8. The number of benzene rings is 1. The van der Waals surface area contributed by atoms with Crippen LogP contribution in [-0.4, -0.2) is 17.1 Å². The van der Waals surface area contributed by atoms with E-state index in [1.54, 1.807) is 0 Å². The number of ether oxygens (including phenoxy) is 1. The van der Waals surface area contributed by atoms with Crippen molar-refractivity contribution >= 4 is 5.69 Å². The summed E-state index contributed by atoms with van der Waals surface area (Å²) in [5, 5.41) is 19.5. The number of hydrogen-bond donors (Lipinski definition) is 1. The van der Waals surface area contributed by atoms with E-state index in [-0.39, 0.29) is 17.9 Å². The predicted molar refractivity (Wildman–Crippen MR) is 66.2 cm³/mol. The Hall–Kier alpha value is -2.13. The molecule has 6 heteroatoms. The van der Waals surface area contributed by atoms with Crippen molar-refractivity contribution in [2.75, 3.05) is 6.61 Å². The number of nitrogens with zero attached hydrogens (tertiary/aromatic N) is 2. The smallest absolute Gasteiger partial charge is 0.271 e. The molecule has 1 aromatic rings. The van der Waals surface area contributed by atoms with Gasteiger partial charge in [0.1, 0.15) is 24.0 Å². The highest BCUT2D eigenvalue weighted by Gasteiger charge is 2.18. The normalized spacial score (nSPS) is 13.4. The van der Waals surface area contributed by atoms with Gasteiger partial charge in [-0.05, 0) is 19.4 Å². The van der Waals surface area contributed by atoms with E-state index in [1.165, 1.54) is 18.2 Å². The van der Waals surface area contributed by atoms with Crippen LogP contribution in [0.4, 0.5) is 5.69 Å². The average Bonchev–Trinajstić information content (AvgIpc) is 2.36. The number of nitro groups is 1. The Kier molecular flexibility index (Phi) is 4.23. The minimum atomic E-state index is -0.552. The first-order valence-corrected chi connectivity index (χ1v) is 5.50. The molecule has 6 nitrogen and oxygen atoms in total. The van der Waals surface area contributed by atoms with Gasteiger partial charge in [-0.2, -0.15) is 5.26 Å². The Morgan fingerprint density at radius 3 is 2.78 bits per heavy atom. The van der Waals surface area contributed by atoms with E-state index < -0.39 is 10.5 Å². The zero-order valence-corrected chi connectivity index (χ0v) is 10.3. The van der Waals surface area contributed by atoms with Gasteiger partial charge in [-0.25, -0.2) is 0 Å². The van der Waals surface area contributed by atoms with Crippen LogP contribution < -0.4 is 10.5 Å². The number of nitriles is 1. The molecule has 0 radical (unpaired) electrons. The SMILES string of the molecule is CCC(C)(N)COc1ccc([N+](=O)[O-])cc1C#N. The largest absolute Gasteiger partial charge is 0.490 e. The monoisotopic (exact) mass is 249 g/mol. The molecule has 1 atom stereocenters. The number of hydrogen-bond acceptors (Lipinski definition) is 5. The number of nitro benzene ring substituents is 1. The molecule has 0 amide bonds. The molecule has 2 N–H and O–H groups in total. The van der Waals surface area contributed by atoms with Crippen molar-refractivity contribution in [2.45, 2.75) is 25.8 Å². The summed E-state index contributed by atoms with van der Waals surface area (Å²) in [7, 11) is 0. The third kappa shape index (κ3) is 3.43. The molecule has 0 aromatic heterocycles. The van der Waals surface area contributed by atoms with E-state index in [9.17, 15) is 10.1 Å². The van der Waals surface area contributed by atoms with Crippen LogP contribution >= 0.6 is 0 Å². The maximum Gasteiger partial charge on any atom is 0.271 e. The van der Waals surface area contributed by atoms with Crippen LogP contribution in [0.25, 0.3) is 0 Å². The van der Waals surface area contributed by atoms with Crippen LogP contribution in [0.1, 0.15) is 25.8 Å². The minimum absolute atomic E-state index is 0.134. The molecule has 1 unspecified atom stereocenters. The Bertz CT molecular complexity index is 492. The predicted octanol–water partition coefficient (Wildman–Crippen LogP) is 1.97. The molecule has 0 aliphatic carbocycles. The summed E-state index contributed by atoms with van der Waals surface area (Å²) in [6, 6.07) is 5.79. The molecule has 0 aliphatic heterocycles. The second-order valence-corrected chi connectivity index (χ2v) is 4.35. The van der Waals surface area contributed by atoms with Gasteiger partial charge >= 0.3 is 0 Å². The van der Waals surface area contributed by atoms with Crippen molar-refractivity contribution in [1.29, 1.82) is 5.26 Å². The molecule has 1 aromatic carbocycles. The summed E-state index contributed by atoms with van der Waals surface area (Å²) in [5.41, 5.74) is 5.43. The van der Waals surface area contributed by atoms with Crippen LogP contribution in [0, 0.1) is 21.4 Å². The lowest BCUT2D eigenvalue weighted by molar-refractivity contribution is -0.384. The third-order valence-corrected chi connectivity index (χ3v) is 2.66. The van der Waals surface area contributed by atoms with Crippen molar-refractivity contribution in [1.82, 2.24) is 0 Å². The van der Waals surface area contributed by atoms with Gasteiger partial charge in [-0.1, -0.05) is 6.92 Å². The zero-order valence-electron chi connectivity index (χ0n) is 10.3. The van der Waals surface area contributed by atoms with Crippen molar-refractivity contribution in [3.8, 4) is 11.8 Å². The van der Waals surface area contributed by atoms with E-state index in [0.29, 0.717) is 5.75 Å². The molecular weight excluding hydrogens is 234 g/mol. The molecule has 0 fully saturated rings. The first-order chi connectivity index (χ1) is 8.39. The van der Waals surface area contributed by atoms with Crippen molar-refractivity contribution < 1.29 is 9.66 Å². The van der Waals surface area contributed by atoms with Crippen molar-refractivity contribution in [2.24, 2.45) is 5.73 Å². The topological polar surface area (TPSA) is 102 Å². The first kappa shape index (κ1) is 13.9. The number of nitrogens with two attached hydrogens (primary N) is 1. The third-order valence-electron chi connectivity index (χ3n) is 2.66. The second-order valence-electron chi connectivity index (χ2n) is 4.35. The van der Waals surface area contributed by atoms with Gasteiger partial charge < -0.3 is 10.5 Å². The molecule has 0 saturated heterocycles. The minimum Gasteiger partial charge on any atom is -0.490 e. The van der Waals surface area contributed by atoms with Gasteiger partial charge in [0, 0.05) is 17.7 Å². The summed E-state index contributed by atoms with van der Waals surface area (Å²) in [4.78, 5) is 10.0. The van der Waals surface area contributed by atoms with Crippen LogP contribution in [0.15, 0.2) is 18.2 Å². The highest BCUT2D eigenvalue weighted by molar-refractivity contribution is 5.50. The van der Waals surface area contributed by atoms with Crippen molar-refractivity contribution in [3.63, 3.8) is 0 Å². The molecule has 18 heavy (non-hydrogen) atoms. The van der Waals surface area contributed by atoms with Crippen LogP contribution in [0.3, 0.4) is 0 Å². The van der Waals surface area contributed by atoms with Crippen LogP contribution in [0.5, 0.6) is 5.75 Å². The molecule has 0 spiro atoms. The first-order valence-electron chi connectivity index (χ1n) is 5.50. The fourth-order valence-electron chi connectivity index (χ4n) is 1.19. The summed E-state index contributed by atoms with van der Waals surface area (Å²) >= 11 is 0. The van der Waals surface area contributed by atoms with Gasteiger partial charge in [-0.3, -0.25) is 10.1 Å². The molecule has 0 bridgehead atoms. The van der Waals surface area contributed by atoms with Gasteiger partial charge in [-0.15, -0.1) is 0 Å². The Labute approximate surface area is 105 Å². The second kappa shape index (κ2) is 5.47. The van der Waals surface area contributed by atoms with E-state index in [2.05, 4.69) is 0 Å². The molecule has 0 heterocycles. The van der Waals surface area contributed by atoms with Gasteiger partial charge in [0.2, 0.25) is 0 Å². The van der Waals surface area contributed by atoms with Crippen LogP contribution in [0.2, 0.25) is 0 Å². The number of non-ortho nitro benzene ring substituents is 1. The van der Waals surface area contributed by atoms with Crippen molar-refractivity contribution in [3.05, 3.63) is 33.9 Å². The fourth-order valence-corrected chi connectivity index (χ4v) is 1.19. The molecule has 1 rings (SSSR count). The summed E-state index contributed by atoms with van der Waals surface area (Å²) < 4.78 is 5.45. The maximum absolute atomic E-state index is 10.6. The van der Waals surface area contributed by atoms with Gasteiger partial charge in [0.25, 0.3) is 5.69 Å². The summed E-state index contributed by atoms with van der Waals surface area (Å²) in [5.74, 6) is 0.313. The van der Waals surface area contributed by atoms with E-state index in [4.69, 9.17) is 15.7 Å². The van der Waals surface area contributed by atoms with E-state index >= 15 is 0 Å². The molecular formula is C12H15N3O3. The Morgan fingerprint density at radius 1 is 1.61 bits per heavy atom. The highest BCUT2D eigenvalue weighted by Crippen LogP contribution is 2.24. The maximum atomic E-state index is 10.6. The fraction of sp³-hybridized carbons (Fsp3) is 0.417. The molecule has 96 valence electrons. The van der Waals surface area contributed by atoms with E-state index in [0.717, 1.165) is 6.42 Å². The summed E-state index contributed by atoms with van der Waals surface area (Å²) in [6.07, 6.45) is 0.724. The number of rotatable bonds is 5. The Balaban J connectivity index is 2.91. The molecule has 0 saturated carbocycles. The van der Waals surface area contributed by atoms with Gasteiger partial charge in [0.05, 0.1) is 4.92 Å². The highest BCUT2D eigenvalue weighted by atomic mass is 16.6. The van der Waals surface area contributed by atoms with Gasteiger partial charge in [0.15, 0.2) is 0 Å². The van der Waals surface area contributed by atoms with E-state index in [1.807, 2.05) is 19.9 Å². The molecule has 0 aliphatic rings. The average molecular weight is 249 g/mol. The Morgan fingerprint density at radius 2 is 2.28 bits per heavy atom. The van der Waals surface area contributed by atoms with Crippen LogP contribution in [-0.2, 0) is 0 Å². The lowest BCUT2D eigenvalue weighted by Gasteiger charge is -2.22. The quantitative estimate of drug-likeness (QED) is 0.634. The lowest BCUT2D eigenvalue weighted by atomic mass is 10.0. The standard InChI is InChI=1S/C12H15N3O3/c1-3-12(2,14)8-18-11-5-4-10(15(16)17)6-9(11)7-13/h4-6H,3,8,14H2,1-2H3. The summed E-state index contributed by atoms with van der Waals surface area (Å²) in [6.45, 7) is 4.02. The lowest BCUT2D eigenvalue weighted by Crippen LogP contribution is -2.41.